The molecule has 2 rings (SSSR count). The van der Waals surface area contributed by atoms with Crippen molar-refractivity contribution in [1.82, 2.24) is 0 Å². The predicted molar refractivity (Wildman–Crippen MR) is 87.7 cm³/mol. The molecule has 0 saturated carbocycles. The number of nitrogens with one attached hydrogen (secondary N) is 1. The van der Waals surface area contributed by atoms with Gasteiger partial charge in [0.25, 0.3) is 5.91 Å². The third kappa shape index (κ3) is 4.82. The maximum atomic E-state index is 11.8. The van der Waals surface area contributed by atoms with Crippen LogP contribution in [0, 0.1) is 0 Å². The largest absolute Gasteiger partial charge is 0.490 e. The zero-order chi connectivity index (χ0) is 15.8. The van der Waals surface area contributed by atoms with E-state index in [1.54, 1.807) is 54.6 Å². The van der Waals surface area contributed by atoms with E-state index in [0.29, 0.717) is 28.8 Å². The number of ether oxygens (including phenoxy) is 2. The molecule has 2 aromatic carbocycles. The summed E-state index contributed by atoms with van der Waals surface area (Å²) in [5.74, 6) is 0.928. The highest BCUT2D eigenvalue weighted by Gasteiger charge is 2.06. The molecule has 0 radical (unpaired) electrons. The first-order chi connectivity index (χ1) is 10.7. The number of hydrogen-bond donors (Lipinski definition) is 1. The number of para-hydroxylation sites is 1. The fourth-order valence-electron chi connectivity index (χ4n) is 1.69. The fraction of sp³-hybridized carbons (Fsp3) is 0.118. The normalized spacial score (nSPS) is 9.86. The van der Waals surface area contributed by atoms with E-state index in [1.807, 2.05) is 0 Å². The lowest BCUT2D eigenvalue weighted by molar-refractivity contribution is -0.118. The fourth-order valence-corrected chi connectivity index (χ4v) is 1.88. The van der Waals surface area contributed by atoms with Crippen LogP contribution in [0.25, 0.3) is 0 Å². The summed E-state index contributed by atoms with van der Waals surface area (Å²) in [4.78, 5) is 11.8. The Morgan fingerprint density at radius 3 is 2.55 bits per heavy atom. The molecule has 5 heteroatoms. The molecule has 0 aliphatic heterocycles. The molecule has 1 N–H and O–H groups in total. The zero-order valence-electron chi connectivity index (χ0n) is 11.9. The van der Waals surface area contributed by atoms with E-state index >= 15 is 0 Å². The molecule has 0 aliphatic carbocycles. The maximum absolute atomic E-state index is 11.8. The zero-order valence-corrected chi connectivity index (χ0v) is 12.7. The predicted octanol–water partition coefficient (Wildman–Crippen LogP) is 3.92. The van der Waals surface area contributed by atoms with Crippen LogP contribution in [0.15, 0.2) is 61.2 Å². The van der Waals surface area contributed by atoms with E-state index in [1.165, 1.54) is 0 Å². The van der Waals surface area contributed by atoms with Gasteiger partial charge in [0.2, 0.25) is 0 Å². The molecule has 22 heavy (non-hydrogen) atoms. The summed E-state index contributed by atoms with van der Waals surface area (Å²) in [6.45, 7) is 3.91. The van der Waals surface area contributed by atoms with Crippen molar-refractivity contribution in [2.45, 2.75) is 0 Å². The first-order valence-electron chi connectivity index (χ1n) is 6.70. The number of carbonyl (C=O) groups excluding carboxylic acids is 1. The van der Waals surface area contributed by atoms with E-state index in [4.69, 9.17) is 21.1 Å². The molecule has 0 aliphatic rings. The summed E-state index contributed by atoms with van der Waals surface area (Å²) in [6, 6.07) is 14.1. The minimum absolute atomic E-state index is 0.113. The second kappa shape index (κ2) is 8.10. The number of rotatable bonds is 7. The molecular formula is C17H16ClNO3. The van der Waals surface area contributed by atoms with Gasteiger partial charge in [-0.25, -0.2) is 0 Å². The van der Waals surface area contributed by atoms with Gasteiger partial charge in [-0.15, -0.1) is 0 Å². The molecule has 0 aromatic heterocycles. The Morgan fingerprint density at radius 2 is 1.86 bits per heavy atom. The second-order valence-corrected chi connectivity index (χ2v) is 4.80. The molecule has 0 fully saturated rings. The lowest BCUT2D eigenvalue weighted by Crippen LogP contribution is -2.20. The molecule has 1 amide bonds. The van der Waals surface area contributed by atoms with Gasteiger partial charge in [0, 0.05) is 5.69 Å². The van der Waals surface area contributed by atoms with Gasteiger partial charge in [0.15, 0.2) is 6.61 Å². The van der Waals surface area contributed by atoms with E-state index < -0.39 is 0 Å². The lowest BCUT2D eigenvalue weighted by Gasteiger charge is -2.09. The van der Waals surface area contributed by atoms with Gasteiger partial charge < -0.3 is 14.8 Å². The summed E-state index contributed by atoms with van der Waals surface area (Å²) in [6.07, 6.45) is 1.67. The van der Waals surface area contributed by atoms with Crippen LogP contribution in [0.3, 0.4) is 0 Å². The van der Waals surface area contributed by atoms with Crippen molar-refractivity contribution in [3.05, 3.63) is 66.2 Å². The van der Waals surface area contributed by atoms with Gasteiger partial charge in [-0.2, -0.15) is 0 Å². The summed E-state index contributed by atoms with van der Waals surface area (Å²) < 4.78 is 10.7. The molecule has 0 unspecified atom stereocenters. The Morgan fingerprint density at radius 1 is 1.14 bits per heavy atom. The van der Waals surface area contributed by atoms with Crippen LogP contribution in [0.4, 0.5) is 5.69 Å². The van der Waals surface area contributed by atoms with Crippen LogP contribution in [-0.4, -0.2) is 19.1 Å². The third-order valence-electron chi connectivity index (χ3n) is 2.70. The molecule has 114 valence electrons. The molecule has 0 spiro atoms. The average Bonchev–Trinajstić information content (AvgIpc) is 2.53. The maximum Gasteiger partial charge on any atom is 0.262 e. The van der Waals surface area contributed by atoms with Gasteiger partial charge in [0.1, 0.15) is 18.1 Å². The summed E-state index contributed by atoms with van der Waals surface area (Å²) in [5, 5.41) is 3.20. The first-order valence-corrected chi connectivity index (χ1v) is 7.08. The summed E-state index contributed by atoms with van der Waals surface area (Å²) in [5.41, 5.74) is 0.665. The quantitative estimate of drug-likeness (QED) is 0.787. The van der Waals surface area contributed by atoms with Crippen molar-refractivity contribution in [3.8, 4) is 11.5 Å². The Balaban J connectivity index is 1.84. The molecular weight excluding hydrogens is 302 g/mol. The van der Waals surface area contributed by atoms with E-state index in [2.05, 4.69) is 11.9 Å². The summed E-state index contributed by atoms with van der Waals surface area (Å²) in [7, 11) is 0. The van der Waals surface area contributed by atoms with Crippen molar-refractivity contribution < 1.29 is 14.3 Å². The minimum Gasteiger partial charge on any atom is -0.490 e. The number of halogens is 1. The molecule has 4 nitrogen and oxygen atoms in total. The number of benzene rings is 2. The smallest absolute Gasteiger partial charge is 0.262 e. The Kier molecular flexibility index (Phi) is 5.86. The van der Waals surface area contributed by atoms with Crippen molar-refractivity contribution in [2.24, 2.45) is 0 Å². The Labute approximate surface area is 134 Å². The van der Waals surface area contributed by atoms with Crippen molar-refractivity contribution >= 4 is 23.2 Å². The average molecular weight is 318 g/mol. The van der Waals surface area contributed by atoms with Gasteiger partial charge >= 0.3 is 0 Å². The van der Waals surface area contributed by atoms with Crippen molar-refractivity contribution in [3.63, 3.8) is 0 Å². The van der Waals surface area contributed by atoms with E-state index in [9.17, 15) is 4.79 Å². The first kappa shape index (κ1) is 15.9. The highest BCUT2D eigenvalue weighted by Crippen LogP contribution is 2.23. The molecule has 0 heterocycles. The number of anilines is 1. The monoisotopic (exact) mass is 317 g/mol. The number of amides is 1. The Hall–Kier alpha value is -2.46. The van der Waals surface area contributed by atoms with E-state index in [-0.39, 0.29) is 12.5 Å². The molecule has 2 aromatic rings. The van der Waals surface area contributed by atoms with Crippen LogP contribution in [-0.2, 0) is 4.79 Å². The topological polar surface area (TPSA) is 47.6 Å². The van der Waals surface area contributed by atoms with E-state index in [0.717, 1.165) is 0 Å². The van der Waals surface area contributed by atoms with Crippen molar-refractivity contribution in [1.29, 1.82) is 0 Å². The van der Waals surface area contributed by atoms with Crippen LogP contribution in [0.1, 0.15) is 0 Å². The van der Waals surface area contributed by atoms with Crippen LogP contribution in [0.2, 0.25) is 5.02 Å². The molecule has 0 saturated heterocycles. The minimum atomic E-state index is -0.264. The highest BCUT2D eigenvalue weighted by atomic mass is 35.5. The third-order valence-corrected chi connectivity index (χ3v) is 3.01. The SMILES string of the molecule is C=CCOc1ccc(NC(=O)COc2ccccc2Cl)cc1. The van der Waals surface area contributed by atoms with Gasteiger partial charge in [-0.3, -0.25) is 4.79 Å². The summed E-state index contributed by atoms with van der Waals surface area (Å²) >= 11 is 5.95. The molecule has 0 atom stereocenters. The van der Waals surface area contributed by atoms with Crippen LogP contribution < -0.4 is 14.8 Å². The number of hydrogen-bond acceptors (Lipinski definition) is 3. The van der Waals surface area contributed by atoms with Gasteiger partial charge in [-0.05, 0) is 36.4 Å². The van der Waals surface area contributed by atoms with Crippen molar-refractivity contribution in [2.75, 3.05) is 18.5 Å². The van der Waals surface area contributed by atoms with Crippen LogP contribution >= 0.6 is 11.6 Å². The van der Waals surface area contributed by atoms with Gasteiger partial charge in [0.05, 0.1) is 5.02 Å². The van der Waals surface area contributed by atoms with Gasteiger partial charge in [-0.1, -0.05) is 36.4 Å². The second-order valence-electron chi connectivity index (χ2n) is 4.39. The Bertz CT molecular complexity index is 641. The molecule has 0 bridgehead atoms. The highest BCUT2D eigenvalue weighted by molar-refractivity contribution is 6.32. The van der Waals surface area contributed by atoms with Crippen LogP contribution in [0.5, 0.6) is 11.5 Å². The number of carbonyl (C=O) groups is 1. The standard InChI is InChI=1S/C17H16ClNO3/c1-2-11-21-14-9-7-13(8-10-14)19-17(20)12-22-16-6-4-3-5-15(16)18/h2-10H,1,11-12H2,(H,19,20). The lowest BCUT2D eigenvalue weighted by atomic mass is 10.3.